The molecule has 3 N–H and O–H groups in total. The van der Waals surface area contributed by atoms with Gasteiger partial charge in [-0.2, -0.15) is 0 Å². The first-order valence-corrected chi connectivity index (χ1v) is 4.58. The van der Waals surface area contributed by atoms with Gasteiger partial charge < -0.3 is 15.5 Å². The molecule has 0 aromatic heterocycles. The number of phenols is 1. The van der Waals surface area contributed by atoms with Gasteiger partial charge in [-0.25, -0.2) is 0 Å². The maximum Gasteiger partial charge on any atom is 0.244 e. The molecule has 0 heterocycles. The molecule has 0 aliphatic rings. The summed E-state index contributed by atoms with van der Waals surface area (Å²) in [6, 6.07) is 6.49. The molecule has 0 saturated carbocycles. The molecule has 4 heteroatoms. The molecule has 0 bridgehead atoms. The minimum absolute atomic E-state index is 0.0706. The summed E-state index contributed by atoms with van der Waals surface area (Å²) < 4.78 is 0. The summed E-state index contributed by atoms with van der Waals surface area (Å²) in [6.07, 6.45) is 3.01. The first-order valence-electron chi connectivity index (χ1n) is 4.58. The van der Waals surface area contributed by atoms with E-state index in [9.17, 15) is 4.79 Å². The Hall–Kier alpha value is -1.81. The van der Waals surface area contributed by atoms with Crippen LogP contribution < -0.4 is 5.32 Å². The number of aliphatic hydroxyl groups is 1. The number of hydrogen-bond acceptors (Lipinski definition) is 3. The molecule has 0 unspecified atom stereocenters. The van der Waals surface area contributed by atoms with Crippen LogP contribution in [-0.2, 0) is 4.79 Å². The Kier molecular flexibility index (Phi) is 4.37. The lowest BCUT2D eigenvalue weighted by Crippen LogP contribution is -2.24. The molecule has 80 valence electrons. The quantitative estimate of drug-likeness (QED) is 0.630. The largest absolute Gasteiger partial charge is 0.508 e. The van der Waals surface area contributed by atoms with Gasteiger partial charge in [0.2, 0.25) is 5.91 Å². The minimum atomic E-state index is -0.253. The van der Waals surface area contributed by atoms with Crippen LogP contribution >= 0.6 is 0 Å². The van der Waals surface area contributed by atoms with Crippen LogP contribution in [0.1, 0.15) is 5.56 Å². The second-order valence-corrected chi connectivity index (χ2v) is 2.94. The zero-order chi connectivity index (χ0) is 11.1. The fraction of sp³-hybridized carbons (Fsp3) is 0.182. The van der Waals surface area contributed by atoms with E-state index in [1.807, 2.05) is 0 Å². The SMILES string of the molecule is O=C(C=Cc1ccc(O)cc1)NCCO. The van der Waals surface area contributed by atoms with Crippen LogP contribution in [0.25, 0.3) is 6.08 Å². The van der Waals surface area contributed by atoms with Gasteiger partial charge in [-0.05, 0) is 23.8 Å². The lowest BCUT2D eigenvalue weighted by molar-refractivity contribution is -0.116. The molecule has 1 aromatic rings. The van der Waals surface area contributed by atoms with Crippen LogP contribution in [0.15, 0.2) is 30.3 Å². The van der Waals surface area contributed by atoms with Crippen molar-refractivity contribution in [2.24, 2.45) is 0 Å². The predicted molar refractivity (Wildman–Crippen MR) is 57.2 cm³/mol. The molecule has 0 spiro atoms. The molecule has 0 radical (unpaired) electrons. The number of carbonyl (C=O) groups is 1. The Morgan fingerprint density at radius 2 is 2.00 bits per heavy atom. The average molecular weight is 207 g/mol. The summed E-state index contributed by atoms with van der Waals surface area (Å²) in [5.41, 5.74) is 0.826. The maximum absolute atomic E-state index is 11.1. The van der Waals surface area contributed by atoms with Gasteiger partial charge in [0.15, 0.2) is 0 Å². The van der Waals surface area contributed by atoms with E-state index in [4.69, 9.17) is 10.2 Å². The van der Waals surface area contributed by atoms with Gasteiger partial charge in [0.05, 0.1) is 6.61 Å². The third kappa shape index (κ3) is 4.28. The summed E-state index contributed by atoms with van der Waals surface area (Å²) >= 11 is 0. The van der Waals surface area contributed by atoms with Crippen molar-refractivity contribution < 1.29 is 15.0 Å². The van der Waals surface area contributed by atoms with Crippen molar-refractivity contribution in [3.05, 3.63) is 35.9 Å². The summed E-state index contributed by atoms with van der Waals surface area (Å²) in [5, 5.41) is 20.0. The van der Waals surface area contributed by atoms with Gasteiger partial charge in [-0.1, -0.05) is 12.1 Å². The number of amides is 1. The van der Waals surface area contributed by atoms with E-state index >= 15 is 0 Å². The van der Waals surface area contributed by atoms with Crippen LogP contribution in [0, 0.1) is 0 Å². The highest BCUT2D eigenvalue weighted by Crippen LogP contribution is 2.10. The molecule has 0 saturated heterocycles. The highest BCUT2D eigenvalue weighted by Gasteiger charge is 1.93. The van der Waals surface area contributed by atoms with Crippen LogP contribution in [-0.4, -0.2) is 29.3 Å². The number of hydrogen-bond donors (Lipinski definition) is 3. The van der Waals surface area contributed by atoms with E-state index < -0.39 is 0 Å². The summed E-state index contributed by atoms with van der Waals surface area (Å²) in [7, 11) is 0. The topological polar surface area (TPSA) is 69.6 Å². The molecule has 0 fully saturated rings. The maximum atomic E-state index is 11.1. The van der Waals surface area contributed by atoms with Gasteiger partial charge in [-0.3, -0.25) is 4.79 Å². The number of carbonyl (C=O) groups excluding carboxylic acids is 1. The third-order valence-corrected chi connectivity index (χ3v) is 1.73. The highest BCUT2D eigenvalue weighted by atomic mass is 16.3. The predicted octanol–water partition coefficient (Wildman–Crippen LogP) is 0.514. The van der Waals surface area contributed by atoms with Crippen molar-refractivity contribution in [2.75, 3.05) is 13.2 Å². The van der Waals surface area contributed by atoms with E-state index in [1.165, 1.54) is 6.08 Å². The van der Waals surface area contributed by atoms with Gasteiger partial charge in [0, 0.05) is 12.6 Å². The first kappa shape index (κ1) is 11.3. The zero-order valence-corrected chi connectivity index (χ0v) is 8.18. The van der Waals surface area contributed by atoms with Crippen molar-refractivity contribution in [2.45, 2.75) is 0 Å². The Balaban J connectivity index is 2.50. The Morgan fingerprint density at radius 1 is 1.33 bits per heavy atom. The Labute approximate surface area is 87.9 Å². The number of aromatic hydroxyl groups is 1. The summed E-state index contributed by atoms with van der Waals surface area (Å²) in [4.78, 5) is 11.1. The van der Waals surface area contributed by atoms with E-state index in [0.29, 0.717) is 0 Å². The van der Waals surface area contributed by atoms with Crippen LogP contribution in [0.2, 0.25) is 0 Å². The molecule has 4 nitrogen and oxygen atoms in total. The third-order valence-electron chi connectivity index (χ3n) is 1.73. The smallest absolute Gasteiger partial charge is 0.244 e. The number of rotatable bonds is 4. The van der Waals surface area contributed by atoms with E-state index in [-0.39, 0.29) is 24.8 Å². The molecule has 0 aliphatic carbocycles. The lowest BCUT2D eigenvalue weighted by atomic mass is 10.2. The van der Waals surface area contributed by atoms with Gasteiger partial charge in [0.1, 0.15) is 5.75 Å². The van der Waals surface area contributed by atoms with E-state index in [2.05, 4.69) is 5.32 Å². The molecule has 1 rings (SSSR count). The molecule has 15 heavy (non-hydrogen) atoms. The van der Waals surface area contributed by atoms with E-state index in [1.54, 1.807) is 30.3 Å². The van der Waals surface area contributed by atoms with Crippen LogP contribution in [0.5, 0.6) is 5.75 Å². The van der Waals surface area contributed by atoms with Crippen molar-refractivity contribution in [1.82, 2.24) is 5.32 Å². The molecular formula is C11H13NO3. The molecule has 0 aliphatic heterocycles. The number of nitrogens with one attached hydrogen (secondary N) is 1. The monoisotopic (exact) mass is 207 g/mol. The fourth-order valence-corrected chi connectivity index (χ4v) is 0.995. The normalized spacial score (nSPS) is 10.5. The minimum Gasteiger partial charge on any atom is -0.508 e. The van der Waals surface area contributed by atoms with Crippen molar-refractivity contribution in [1.29, 1.82) is 0 Å². The molecule has 1 aromatic carbocycles. The second kappa shape index (κ2) is 5.82. The number of aliphatic hydroxyl groups excluding tert-OH is 1. The lowest BCUT2D eigenvalue weighted by Gasteiger charge is -1.97. The zero-order valence-electron chi connectivity index (χ0n) is 8.18. The fourth-order valence-electron chi connectivity index (χ4n) is 0.995. The highest BCUT2D eigenvalue weighted by molar-refractivity contribution is 5.91. The second-order valence-electron chi connectivity index (χ2n) is 2.94. The van der Waals surface area contributed by atoms with Crippen molar-refractivity contribution in [3.63, 3.8) is 0 Å². The van der Waals surface area contributed by atoms with Gasteiger partial charge >= 0.3 is 0 Å². The molecule has 1 amide bonds. The van der Waals surface area contributed by atoms with Gasteiger partial charge in [0.25, 0.3) is 0 Å². The number of phenolic OH excluding ortho intramolecular Hbond substituents is 1. The molecular weight excluding hydrogens is 194 g/mol. The van der Waals surface area contributed by atoms with Gasteiger partial charge in [-0.15, -0.1) is 0 Å². The Morgan fingerprint density at radius 3 is 2.60 bits per heavy atom. The first-order chi connectivity index (χ1) is 7.22. The standard InChI is InChI=1S/C11H13NO3/c13-8-7-12-11(15)6-3-9-1-4-10(14)5-2-9/h1-6,13-14H,7-8H2,(H,12,15). The Bertz CT molecular complexity index is 343. The molecule has 0 atom stereocenters. The average Bonchev–Trinajstić information content (AvgIpc) is 2.25. The summed E-state index contributed by atoms with van der Waals surface area (Å²) in [5.74, 6) is -0.0611. The number of benzene rings is 1. The van der Waals surface area contributed by atoms with Crippen molar-refractivity contribution in [3.8, 4) is 5.75 Å². The van der Waals surface area contributed by atoms with Crippen molar-refractivity contribution >= 4 is 12.0 Å². The summed E-state index contributed by atoms with van der Waals surface area (Å²) in [6.45, 7) is 0.178. The van der Waals surface area contributed by atoms with E-state index in [0.717, 1.165) is 5.56 Å². The van der Waals surface area contributed by atoms with Crippen LogP contribution in [0.4, 0.5) is 0 Å². The van der Waals surface area contributed by atoms with Crippen LogP contribution in [0.3, 0.4) is 0 Å².